The van der Waals surface area contributed by atoms with Crippen LogP contribution in [0.25, 0.3) is 0 Å². The average Bonchev–Trinajstić information content (AvgIpc) is 2.48. The highest BCUT2D eigenvalue weighted by molar-refractivity contribution is 5.37. The van der Waals surface area contributed by atoms with Crippen LogP contribution in [0, 0.1) is 0 Å². The van der Waals surface area contributed by atoms with E-state index in [1.807, 2.05) is 24.3 Å². The lowest BCUT2D eigenvalue weighted by Crippen LogP contribution is -2.53. The molecule has 4 nitrogen and oxygen atoms in total. The highest BCUT2D eigenvalue weighted by Gasteiger charge is 2.36. The predicted molar refractivity (Wildman–Crippen MR) is 79.0 cm³/mol. The van der Waals surface area contributed by atoms with Gasteiger partial charge in [0, 0.05) is 18.2 Å². The molecule has 1 N–H and O–H groups in total. The number of aliphatic hydroxyl groups excluding tert-OH is 1. The maximum absolute atomic E-state index is 10.7. The largest absolute Gasteiger partial charge is 0.491 e. The number of likely N-dealkylation sites (tertiary alicyclic amines) is 1. The van der Waals surface area contributed by atoms with E-state index in [-0.39, 0.29) is 6.04 Å². The number of rotatable bonds is 2. The molecule has 0 saturated carbocycles. The average molecular weight is 276 g/mol. The molecule has 0 bridgehead atoms. The second-order valence-corrected chi connectivity index (χ2v) is 6.12. The highest BCUT2D eigenvalue weighted by Crippen LogP contribution is 2.35. The second kappa shape index (κ2) is 5.72. The topological polar surface area (TPSA) is 35.9 Å². The summed E-state index contributed by atoms with van der Waals surface area (Å²) in [6.07, 6.45) is 1.98. The smallest absolute Gasteiger partial charge is 0.125 e. The summed E-state index contributed by atoms with van der Waals surface area (Å²) in [6, 6.07) is 8.48. The van der Waals surface area contributed by atoms with Crippen molar-refractivity contribution in [3.63, 3.8) is 0 Å². The molecule has 2 aliphatic rings. The van der Waals surface area contributed by atoms with E-state index in [1.165, 1.54) is 12.8 Å². The number of nitrogens with zero attached hydrogens (tertiary/aromatic N) is 2. The lowest BCUT2D eigenvalue weighted by molar-refractivity contribution is -0.0181. The van der Waals surface area contributed by atoms with Crippen molar-refractivity contribution < 1.29 is 9.84 Å². The van der Waals surface area contributed by atoms with E-state index in [2.05, 4.69) is 23.9 Å². The molecule has 1 aromatic carbocycles. The van der Waals surface area contributed by atoms with Crippen molar-refractivity contribution in [2.75, 3.05) is 33.8 Å². The minimum atomic E-state index is -0.444. The van der Waals surface area contributed by atoms with Crippen LogP contribution in [0.5, 0.6) is 5.75 Å². The van der Waals surface area contributed by atoms with Gasteiger partial charge in [-0.25, -0.2) is 0 Å². The molecule has 1 fully saturated rings. The van der Waals surface area contributed by atoms with Gasteiger partial charge in [0.05, 0.1) is 6.04 Å². The van der Waals surface area contributed by atoms with Gasteiger partial charge < -0.3 is 14.7 Å². The zero-order chi connectivity index (χ0) is 14.1. The summed E-state index contributed by atoms with van der Waals surface area (Å²) >= 11 is 0. The third kappa shape index (κ3) is 2.55. The molecule has 2 aliphatic heterocycles. The molecule has 0 amide bonds. The Morgan fingerprint density at radius 1 is 1.30 bits per heavy atom. The maximum Gasteiger partial charge on any atom is 0.125 e. The molecule has 4 heteroatoms. The van der Waals surface area contributed by atoms with Crippen LogP contribution in [-0.2, 0) is 0 Å². The number of hydrogen-bond donors (Lipinski definition) is 1. The van der Waals surface area contributed by atoms with Gasteiger partial charge in [0.1, 0.15) is 18.5 Å². The molecule has 3 unspecified atom stereocenters. The van der Waals surface area contributed by atoms with Crippen molar-refractivity contribution in [3.05, 3.63) is 29.8 Å². The Bertz CT molecular complexity index is 464. The number of likely N-dealkylation sites (N-methyl/N-ethyl adjacent to an activating group) is 1. The number of fused-ring (bicyclic) bond motifs is 1. The SMILES string of the molecule is CN(C)C1CCCN(C2COc3ccccc3C2O)C1. The van der Waals surface area contributed by atoms with Gasteiger partial charge in [-0.05, 0) is 39.5 Å². The Morgan fingerprint density at radius 2 is 2.10 bits per heavy atom. The Kier molecular flexibility index (Phi) is 3.96. The van der Waals surface area contributed by atoms with Crippen LogP contribution in [0.15, 0.2) is 24.3 Å². The number of aliphatic hydroxyl groups is 1. The first-order chi connectivity index (χ1) is 9.66. The summed E-state index contributed by atoms with van der Waals surface area (Å²) in [6.45, 7) is 2.65. The first-order valence-corrected chi connectivity index (χ1v) is 7.47. The number of benzene rings is 1. The van der Waals surface area contributed by atoms with E-state index < -0.39 is 6.10 Å². The van der Waals surface area contributed by atoms with Crippen molar-refractivity contribution in [1.29, 1.82) is 0 Å². The number of piperidine rings is 1. The van der Waals surface area contributed by atoms with E-state index in [4.69, 9.17) is 4.74 Å². The van der Waals surface area contributed by atoms with Crippen molar-refractivity contribution in [2.24, 2.45) is 0 Å². The van der Waals surface area contributed by atoms with Gasteiger partial charge in [0.15, 0.2) is 0 Å². The summed E-state index contributed by atoms with van der Waals surface area (Å²) < 4.78 is 5.84. The Hall–Kier alpha value is -1.10. The molecule has 0 radical (unpaired) electrons. The number of para-hydroxylation sites is 1. The van der Waals surface area contributed by atoms with Gasteiger partial charge in [-0.3, -0.25) is 4.90 Å². The fraction of sp³-hybridized carbons (Fsp3) is 0.625. The normalized spacial score (nSPS) is 30.9. The molecule has 20 heavy (non-hydrogen) atoms. The zero-order valence-electron chi connectivity index (χ0n) is 12.3. The second-order valence-electron chi connectivity index (χ2n) is 6.12. The lowest BCUT2D eigenvalue weighted by atomic mass is 9.95. The molecule has 3 rings (SSSR count). The van der Waals surface area contributed by atoms with Crippen molar-refractivity contribution >= 4 is 0 Å². The van der Waals surface area contributed by atoms with Crippen LogP contribution in [-0.4, -0.2) is 60.8 Å². The van der Waals surface area contributed by atoms with Gasteiger partial charge in [-0.1, -0.05) is 18.2 Å². The van der Waals surface area contributed by atoms with Gasteiger partial charge in [0.2, 0.25) is 0 Å². The fourth-order valence-corrected chi connectivity index (χ4v) is 3.34. The third-order valence-electron chi connectivity index (χ3n) is 4.64. The molecule has 0 aliphatic carbocycles. The summed E-state index contributed by atoms with van der Waals surface area (Å²) in [5.74, 6) is 0.831. The van der Waals surface area contributed by atoms with Gasteiger partial charge in [0.25, 0.3) is 0 Å². The van der Waals surface area contributed by atoms with Crippen molar-refractivity contribution in [1.82, 2.24) is 9.80 Å². The standard InChI is InChI=1S/C16H24N2O2/c1-17(2)12-6-5-9-18(10-12)14-11-20-15-8-4-3-7-13(15)16(14)19/h3-4,7-8,12,14,16,19H,5-6,9-11H2,1-2H3. The predicted octanol–water partition coefficient (Wildman–Crippen LogP) is 1.51. The van der Waals surface area contributed by atoms with Crippen LogP contribution >= 0.6 is 0 Å². The molecule has 0 aromatic heterocycles. The molecule has 1 saturated heterocycles. The maximum atomic E-state index is 10.7. The van der Waals surface area contributed by atoms with E-state index in [0.29, 0.717) is 12.6 Å². The number of ether oxygens (including phenoxy) is 1. The summed E-state index contributed by atoms with van der Waals surface area (Å²) in [4.78, 5) is 4.69. The van der Waals surface area contributed by atoms with E-state index in [0.717, 1.165) is 24.4 Å². The molecular weight excluding hydrogens is 252 g/mol. The van der Waals surface area contributed by atoms with Crippen molar-refractivity contribution in [3.8, 4) is 5.75 Å². The monoisotopic (exact) mass is 276 g/mol. The first-order valence-electron chi connectivity index (χ1n) is 7.47. The fourth-order valence-electron chi connectivity index (χ4n) is 3.34. The first kappa shape index (κ1) is 13.9. The summed E-state index contributed by atoms with van der Waals surface area (Å²) in [5.41, 5.74) is 0.927. The Morgan fingerprint density at radius 3 is 2.90 bits per heavy atom. The summed E-state index contributed by atoms with van der Waals surface area (Å²) in [7, 11) is 4.27. The molecule has 2 heterocycles. The Balaban J connectivity index is 1.75. The third-order valence-corrected chi connectivity index (χ3v) is 4.64. The van der Waals surface area contributed by atoms with Gasteiger partial charge in [-0.2, -0.15) is 0 Å². The van der Waals surface area contributed by atoms with E-state index >= 15 is 0 Å². The van der Waals surface area contributed by atoms with Crippen LogP contribution < -0.4 is 4.74 Å². The highest BCUT2D eigenvalue weighted by atomic mass is 16.5. The molecule has 1 aromatic rings. The van der Waals surface area contributed by atoms with Crippen LogP contribution in [0.1, 0.15) is 24.5 Å². The molecular formula is C16H24N2O2. The van der Waals surface area contributed by atoms with Crippen LogP contribution in [0.4, 0.5) is 0 Å². The van der Waals surface area contributed by atoms with E-state index in [9.17, 15) is 5.11 Å². The minimum Gasteiger partial charge on any atom is -0.491 e. The molecule has 0 spiro atoms. The van der Waals surface area contributed by atoms with Crippen molar-refractivity contribution in [2.45, 2.75) is 31.0 Å². The number of hydrogen-bond acceptors (Lipinski definition) is 4. The molecule has 3 atom stereocenters. The van der Waals surface area contributed by atoms with Gasteiger partial charge >= 0.3 is 0 Å². The summed E-state index contributed by atoms with van der Waals surface area (Å²) in [5, 5.41) is 10.7. The quantitative estimate of drug-likeness (QED) is 0.888. The molecule has 110 valence electrons. The van der Waals surface area contributed by atoms with Crippen LogP contribution in [0.3, 0.4) is 0 Å². The van der Waals surface area contributed by atoms with Gasteiger partial charge in [-0.15, -0.1) is 0 Å². The minimum absolute atomic E-state index is 0.0765. The van der Waals surface area contributed by atoms with Crippen LogP contribution in [0.2, 0.25) is 0 Å². The Labute approximate surface area is 120 Å². The zero-order valence-corrected chi connectivity index (χ0v) is 12.3. The lowest BCUT2D eigenvalue weighted by Gasteiger charge is -2.43. The van der Waals surface area contributed by atoms with E-state index in [1.54, 1.807) is 0 Å².